The first-order valence-corrected chi connectivity index (χ1v) is 10.4. The smallest absolute Gasteiger partial charge is 0.280 e. The summed E-state index contributed by atoms with van der Waals surface area (Å²) in [4.78, 5) is 58.5. The highest BCUT2D eigenvalue weighted by atomic mass is 16.2. The van der Waals surface area contributed by atoms with Gasteiger partial charge in [0, 0.05) is 20.6 Å². The highest BCUT2D eigenvalue weighted by Gasteiger charge is 2.52. The molecule has 0 atom stereocenters. The van der Waals surface area contributed by atoms with Gasteiger partial charge in [-0.05, 0) is 24.8 Å². The van der Waals surface area contributed by atoms with Crippen LogP contribution < -0.4 is 16.1 Å². The summed E-state index contributed by atoms with van der Waals surface area (Å²) in [6.45, 7) is 3.90. The van der Waals surface area contributed by atoms with E-state index in [1.807, 2.05) is 30.3 Å². The quantitative estimate of drug-likeness (QED) is 0.579. The first kappa shape index (κ1) is 20.8. The van der Waals surface area contributed by atoms with E-state index >= 15 is 0 Å². The minimum absolute atomic E-state index is 0.0214. The summed E-state index contributed by atoms with van der Waals surface area (Å²) >= 11 is 0. The van der Waals surface area contributed by atoms with Crippen molar-refractivity contribution >= 4 is 28.9 Å². The second-order valence-electron chi connectivity index (χ2n) is 7.91. The maximum Gasteiger partial charge on any atom is 0.332 e. The van der Waals surface area contributed by atoms with Crippen LogP contribution in [0.25, 0.3) is 11.2 Å². The van der Waals surface area contributed by atoms with Gasteiger partial charge in [0.05, 0.1) is 0 Å². The maximum atomic E-state index is 13.6. The Balaban J connectivity index is 1.98. The Morgan fingerprint density at radius 1 is 0.903 bits per heavy atom. The summed E-state index contributed by atoms with van der Waals surface area (Å²) in [6.07, 6.45) is 1.16. The SMILES string of the molecule is CCC1(CC)C(=O)N(CCc2ccccc2)c2nc3c(c(=O)n(C)c(=O)n3C)n2C1=O. The Hall–Kier alpha value is -3.49. The van der Waals surface area contributed by atoms with Crippen LogP contribution >= 0.6 is 0 Å². The second kappa shape index (κ2) is 7.33. The van der Waals surface area contributed by atoms with Gasteiger partial charge in [-0.2, -0.15) is 4.98 Å². The van der Waals surface area contributed by atoms with Crippen LogP contribution in [-0.4, -0.2) is 37.0 Å². The summed E-state index contributed by atoms with van der Waals surface area (Å²) in [6, 6.07) is 9.70. The van der Waals surface area contributed by atoms with Crippen LogP contribution in [0, 0.1) is 5.41 Å². The Labute approximate surface area is 178 Å². The third-order valence-corrected chi connectivity index (χ3v) is 6.42. The number of benzene rings is 1. The molecule has 2 aromatic heterocycles. The molecule has 31 heavy (non-hydrogen) atoms. The summed E-state index contributed by atoms with van der Waals surface area (Å²) in [5, 5.41) is 0. The van der Waals surface area contributed by atoms with Crippen molar-refractivity contribution < 1.29 is 9.59 Å². The monoisotopic (exact) mass is 423 g/mol. The third kappa shape index (κ3) is 2.79. The molecule has 0 unspecified atom stereocenters. The average Bonchev–Trinajstić information content (AvgIpc) is 3.18. The van der Waals surface area contributed by atoms with E-state index in [1.54, 1.807) is 13.8 Å². The van der Waals surface area contributed by atoms with Crippen LogP contribution in [0.15, 0.2) is 39.9 Å². The zero-order chi connectivity index (χ0) is 22.5. The summed E-state index contributed by atoms with van der Waals surface area (Å²) in [5.41, 5.74) is -1.28. The molecule has 0 fully saturated rings. The fourth-order valence-corrected chi connectivity index (χ4v) is 4.35. The fourth-order valence-electron chi connectivity index (χ4n) is 4.35. The zero-order valence-corrected chi connectivity index (χ0v) is 18.1. The van der Waals surface area contributed by atoms with Gasteiger partial charge >= 0.3 is 5.69 Å². The predicted octanol–water partition coefficient (Wildman–Crippen LogP) is 1.47. The van der Waals surface area contributed by atoms with Crippen LogP contribution in [0.1, 0.15) is 37.0 Å². The normalized spacial score (nSPS) is 15.5. The molecule has 4 rings (SSSR count). The molecule has 0 saturated heterocycles. The molecule has 0 aliphatic carbocycles. The lowest BCUT2D eigenvalue weighted by Crippen LogP contribution is -2.56. The maximum absolute atomic E-state index is 13.6. The molecular formula is C22H25N5O4. The standard InChI is InChI=1S/C22H25N5O4/c1-5-22(6-2)18(29)26(13-12-14-10-8-7-9-11-14)20-23-16-15(27(20)19(22)30)17(28)25(4)21(31)24(16)3/h7-11H,5-6,12-13H2,1-4H3. The number of aryl methyl sites for hydroxylation is 1. The van der Waals surface area contributed by atoms with Crippen LogP contribution in [0.4, 0.5) is 5.95 Å². The third-order valence-electron chi connectivity index (χ3n) is 6.42. The number of anilines is 1. The van der Waals surface area contributed by atoms with Crippen molar-refractivity contribution in [2.24, 2.45) is 19.5 Å². The van der Waals surface area contributed by atoms with Crippen molar-refractivity contribution in [3.05, 3.63) is 56.7 Å². The van der Waals surface area contributed by atoms with E-state index in [0.717, 1.165) is 10.1 Å². The van der Waals surface area contributed by atoms with E-state index in [9.17, 15) is 19.2 Å². The summed E-state index contributed by atoms with van der Waals surface area (Å²) < 4.78 is 3.43. The van der Waals surface area contributed by atoms with Crippen molar-refractivity contribution in [1.29, 1.82) is 0 Å². The van der Waals surface area contributed by atoms with Gasteiger partial charge in [0.1, 0.15) is 5.41 Å². The molecule has 3 heterocycles. The minimum Gasteiger partial charge on any atom is -0.280 e. The molecule has 0 spiro atoms. The highest BCUT2D eigenvalue weighted by Crippen LogP contribution is 2.39. The van der Waals surface area contributed by atoms with E-state index in [0.29, 0.717) is 25.8 Å². The van der Waals surface area contributed by atoms with Gasteiger partial charge in [0.2, 0.25) is 17.8 Å². The number of nitrogens with zero attached hydrogens (tertiary/aromatic N) is 5. The zero-order valence-electron chi connectivity index (χ0n) is 18.1. The molecular weight excluding hydrogens is 398 g/mol. The van der Waals surface area contributed by atoms with Gasteiger partial charge in [0.25, 0.3) is 5.56 Å². The predicted molar refractivity (Wildman–Crippen MR) is 116 cm³/mol. The van der Waals surface area contributed by atoms with E-state index < -0.39 is 22.6 Å². The van der Waals surface area contributed by atoms with Crippen molar-refractivity contribution in [1.82, 2.24) is 18.7 Å². The number of rotatable bonds is 5. The van der Waals surface area contributed by atoms with Crippen molar-refractivity contribution in [3.63, 3.8) is 0 Å². The molecule has 0 saturated carbocycles. The van der Waals surface area contributed by atoms with Gasteiger partial charge in [0.15, 0.2) is 11.2 Å². The number of hydrogen-bond acceptors (Lipinski definition) is 5. The van der Waals surface area contributed by atoms with Gasteiger partial charge in [-0.1, -0.05) is 44.2 Å². The van der Waals surface area contributed by atoms with Crippen molar-refractivity contribution in [2.75, 3.05) is 11.4 Å². The molecule has 9 heteroatoms. The van der Waals surface area contributed by atoms with Crippen molar-refractivity contribution in [2.45, 2.75) is 33.1 Å². The molecule has 0 N–H and O–H groups in total. The molecule has 9 nitrogen and oxygen atoms in total. The number of aromatic nitrogens is 4. The molecule has 1 aliphatic rings. The first-order valence-electron chi connectivity index (χ1n) is 10.4. The number of carbonyl (C=O) groups excluding carboxylic acids is 2. The fraction of sp³-hybridized carbons (Fsp3) is 0.409. The molecule has 0 radical (unpaired) electrons. The topological polar surface area (TPSA) is 99.2 Å². The van der Waals surface area contributed by atoms with Crippen LogP contribution in [0.3, 0.4) is 0 Å². The Kier molecular flexibility index (Phi) is 4.91. The van der Waals surface area contributed by atoms with E-state index in [2.05, 4.69) is 4.98 Å². The molecule has 1 aromatic carbocycles. The lowest BCUT2D eigenvalue weighted by atomic mass is 9.78. The number of fused-ring (bicyclic) bond motifs is 3. The van der Waals surface area contributed by atoms with E-state index in [1.165, 1.54) is 28.1 Å². The Morgan fingerprint density at radius 3 is 2.16 bits per heavy atom. The van der Waals surface area contributed by atoms with Gasteiger partial charge in [-0.15, -0.1) is 0 Å². The van der Waals surface area contributed by atoms with Crippen LogP contribution in [0.2, 0.25) is 0 Å². The lowest BCUT2D eigenvalue weighted by Gasteiger charge is -2.39. The molecule has 0 bridgehead atoms. The summed E-state index contributed by atoms with van der Waals surface area (Å²) in [5.74, 6) is -0.688. The van der Waals surface area contributed by atoms with E-state index in [4.69, 9.17) is 0 Å². The van der Waals surface area contributed by atoms with Gasteiger partial charge in [-0.25, -0.2) is 9.36 Å². The number of hydrogen-bond donors (Lipinski definition) is 0. The minimum atomic E-state index is -1.28. The molecule has 3 aromatic rings. The summed E-state index contributed by atoms with van der Waals surface area (Å²) in [7, 11) is 2.86. The van der Waals surface area contributed by atoms with Crippen LogP contribution in [0.5, 0.6) is 0 Å². The first-order chi connectivity index (χ1) is 14.8. The number of carbonyl (C=O) groups is 2. The number of amides is 1. The molecule has 1 aliphatic heterocycles. The van der Waals surface area contributed by atoms with Crippen LogP contribution in [-0.2, 0) is 25.3 Å². The van der Waals surface area contributed by atoms with Gasteiger partial charge < -0.3 is 0 Å². The average molecular weight is 423 g/mol. The molecule has 162 valence electrons. The Bertz CT molecular complexity index is 1310. The van der Waals surface area contributed by atoms with Gasteiger partial charge in [-0.3, -0.25) is 28.4 Å². The van der Waals surface area contributed by atoms with E-state index in [-0.39, 0.29) is 23.0 Å². The Morgan fingerprint density at radius 2 is 1.55 bits per heavy atom. The molecule has 1 amide bonds. The lowest BCUT2D eigenvalue weighted by molar-refractivity contribution is -0.127. The van der Waals surface area contributed by atoms with Crippen molar-refractivity contribution in [3.8, 4) is 0 Å². The largest absolute Gasteiger partial charge is 0.332 e. The second-order valence-corrected chi connectivity index (χ2v) is 7.91. The highest BCUT2D eigenvalue weighted by molar-refractivity contribution is 6.18. The number of imidazole rings is 1.